The van der Waals surface area contributed by atoms with Crippen LogP contribution in [0.5, 0.6) is 0 Å². The number of anilines is 1. The van der Waals surface area contributed by atoms with E-state index in [0.717, 1.165) is 36.9 Å². The van der Waals surface area contributed by atoms with Gasteiger partial charge < -0.3 is 4.90 Å². The predicted octanol–water partition coefficient (Wildman–Crippen LogP) is 3.48. The van der Waals surface area contributed by atoms with Crippen molar-refractivity contribution in [2.45, 2.75) is 31.1 Å². The third-order valence-corrected chi connectivity index (χ3v) is 6.72. The Hall–Kier alpha value is -0.550. The normalized spacial score (nSPS) is 17.4. The Kier molecular flexibility index (Phi) is 5.49. The van der Waals surface area contributed by atoms with Crippen LogP contribution in [0.15, 0.2) is 29.2 Å². The van der Waals surface area contributed by atoms with Crippen molar-refractivity contribution in [3.05, 3.63) is 24.3 Å². The van der Waals surface area contributed by atoms with Crippen LogP contribution in [-0.2, 0) is 9.84 Å². The molecule has 0 bridgehead atoms. The van der Waals surface area contributed by atoms with Gasteiger partial charge in [-0.1, -0.05) is 35.0 Å². The molecule has 0 amide bonds. The number of hydrogen-bond acceptors (Lipinski definition) is 3. The van der Waals surface area contributed by atoms with Crippen LogP contribution in [-0.4, -0.2) is 32.6 Å². The lowest BCUT2D eigenvalue weighted by Crippen LogP contribution is -2.35. The highest BCUT2D eigenvalue weighted by atomic mass is 79.9. The summed E-state index contributed by atoms with van der Waals surface area (Å²) >= 11 is 3.54. The highest BCUT2D eigenvalue weighted by Crippen LogP contribution is 2.30. The first-order valence-corrected chi connectivity index (χ1v) is 9.98. The van der Waals surface area contributed by atoms with Gasteiger partial charge in [0.15, 0.2) is 9.84 Å². The molecule has 112 valence electrons. The maximum absolute atomic E-state index is 12.4. The van der Waals surface area contributed by atoms with Crippen molar-refractivity contribution >= 4 is 31.5 Å². The number of nitrogens with zero attached hydrogens (tertiary/aromatic N) is 1. The van der Waals surface area contributed by atoms with Crippen LogP contribution in [0.2, 0.25) is 0 Å². The largest absolute Gasteiger partial charge is 0.370 e. The van der Waals surface area contributed by atoms with Crippen molar-refractivity contribution in [2.24, 2.45) is 5.92 Å². The van der Waals surface area contributed by atoms with Gasteiger partial charge in [-0.05, 0) is 37.3 Å². The van der Waals surface area contributed by atoms with E-state index in [1.165, 1.54) is 0 Å². The first kappa shape index (κ1) is 15.8. The molecule has 0 atom stereocenters. The molecule has 1 saturated heterocycles. The van der Waals surface area contributed by atoms with Gasteiger partial charge in [0.2, 0.25) is 0 Å². The molecule has 0 radical (unpaired) electrons. The van der Waals surface area contributed by atoms with Crippen molar-refractivity contribution in [3.63, 3.8) is 0 Å². The number of halogens is 1. The zero-order valence-corrected chi connectivity index (χ0v) is 14.3. The van der Waals surface area contributed by atoms with E-state index >= 15 is 0 Å². The van der Waals surface area contributed by atoms with E-state index in [4.69, 9.17) is 0 Å². The molecular formula is C15H22BrNO2S. The number of sulfone groups is 1. The lowest BCUT2D eigenvalue weighted by molar-refractivity contribution is 0.445. The molecule has 0 spiro atoms. The molecule has 1 fully saturated rings. The minimum absolute atomic E-state index is 0.224. The zero-order chi connectivity index (χ0) is 14.6. The van der Waals surface area contributed by atoms with Crippen molar-refractivity contribution in [1.82, 2.24) is 0 Å². The molecule has 0 N–H and O–H groups in total. The molecule has 0 aliphatic carbocycles. The summed E-state index contributed by atoms with van der Waals surface area (Å²) in [6.45, 7) is 3.78. The van der Waals surface area contributed by atoms with Gasteiger partial charge in [0, 0.05) is 18.4 Å². The molecule has 1 heterocycles. The van der Waals surface area contributed by atoms with E-state index in [-0.39, 0.29) is 5.75 Å². The third kappa shape index (κ3) is 3.55. The van der Waals surface area contributed by atoms with E-state index in [0.29, 0.717) is 17.2 Å². The summed E-state index contributed by atoms with van der Waals surface area (Å²) in [4.78, 5) is 2.72. The average molecular weight is 360 g/mol. The lowest BCUT2D eigenvalue weighted by atomic mass is 9.99. The van der Waals surface area contributed by atoms with Crippen molar-refractivity contribution < 1.29 is 8.42 Å². The number of para-hydroxylation sites is 1. The second-order valence-corrected chi connectivity index (χ2v) is 8.10. The standard InChI is InChI=1S/C15H22BrNO2S/c1-2-11-20(18,19)15-6-4-3-5-14(15)17-9-7-13(12-16)8-10-17/h3-6,13H,2,7-12H2,1H3. The van der Waals surface area contributed by atoms with Crippen molar-refractivity contribution in [3.8, 4) is 0 Å². The number of rotatable bonds is 5. The fraction of sp³-hybridized carbons (Fsp3) is 0.600. The molecule has 1 aromatic rings. The Morgan fingerprint density at radius 2 is 1.90 bits per heavy atom. The van der Waals surface area contributed by atoms with Gasteiger partial charge in [0.25, 0.3) is 0 Å². The molecule has 0 saturated carbocycles. The maximum atomic E-state index is 12.4. The first-order valence-electron chi connectivity index (χ1n) is 7.21. The van der Waals surface area contributed by atoms with E-state index in [1.54, 1.807) is 6.07 Å². The van der Waals surface area contributed by atoms with Gasteiger partial charge in [-0.3, -0.25) is 0 Å². The van der Waals surface area contributed by atoms with Gasteiger partial charge in [-0.15, -0.1) is 0 Å². The second kappa shape index (κ2) is 6.94. The maximum Gasteiger partial charge on any atom is 0.180 e. The van der Waals surface area contributed by atoms with Crippen LogP contribution in [0.1, 0.15) is 26.2 Å². The van der Waals surface area contributed by atoms with Crippen LogP contribution in [0, 0.1) is 5.92 Å². The SMILES string of the molecule is CCCS(=O)(=O)c1ccccc1N1CCC(CBr)CC1. The number of piperidine rings is 1. The molecule has 1 aliphatic heterocycles. The number of benzene rings is 1. The predicted molar refractivity (Wildman–Crippen MR) is 87.5 cm³/mol. The van der Waals surface area contributed by atoms with Crippen LogP contribution in [0.25, 0.3) is 0 Å². The Labute approximate surface area is 130 Å². The number of hydrogen-bond donors (Lipinski definition) is 0. The van der Waals surface area contributed by atoms with Crippen LogP contribution >= 0.6 is 15.9 Å². The molecule has 5 heteroatoms. The van der Waals surface area contributed by atoms with Gasteiger partial charge >= 0.3 is 0 Å². The molecule has 1 aliphatic rings. The van der Waals surface area contributed by atoms with Gasteiger partial charge in [0.05, 0.1) is 16.3 Å². The highest BCUT2D eigenvalue weighted by Gasteiger charge is 2.24. The Balaban J connectivity index is 2.25. The van der Waals surface area contributed by atoms with Crippen LogP contribution < -0.4 is 4.90 Å². The summed E-state index contributed by atoms with van der Waals surface area (Å²) in [6.07, 6.45) is 2.89. The summed E-state index contributed by atoms with van der Waals surface area (Å²) in [5, 5.41) is 1.04. The third-order valence-electron chi connectivity index (χ3n) is 3.85. The minimum atomic E-state index is -3.16. The second-order valence-electron chi connectivity index (χ2n) is 5.37. The quantitative estimate of drug-likeness (QED) is 0.755. The fourth-order valence-corrected chi connectivity index (χ4v) is 4.89. The summed E-state index contributed by atoms with van der Waals surface area (Å²) in [6, 6.07) is 7.43. The monoisotopic (exact) mass is 359 g/mol. The Morgan fingerprint density at radius 1 is 1.25 bits per heavy atom. The van der Waals surface area contributed by atoms with Crippen LogP contribution in [0.4, 0.5) is 5.69 Å². The van der Waals surface area contributed by atoms with E-state index in [9.17, 15) is 8.42 Å². The van der Waals surface area contributed by atoms with E-state index in [1.807, 2.05) is 25.1 Å². The molecule has 1 aromatic carbocycles. The number of alkyl halides is 1. The summed E-state index contributed by atoms with van der Waals surface area (Å²) in [5.41, 5.74) is 0.883. The van der Waals surface area contributed by atoms with Crippen molar-refractivity contribution in [2.75, 3.05) is 29.1 Å². The summed E-state index contributed by atoms with van der Waals surface area (Å²) in [7, 11) is -3.16. The molecule has 0 aromatic heterocycles. The minimum Gasteiger partial charge on any atom is -0.370 e. The van der Waals surface area contributed by atoms with Gasteiger partial charge in [0.1, 0.15) is 0 Å². The van der Waals surface area contributed by atoms with E-state index in [2.05, 4.69) is 20.8 Å². The zero-order valence-electron chi connectivity index (χ0n) is 11.9. The summed E-state index contributed by atoms with van der Waals surface area (Å²) < 4.78 is 24.8. The molecule has 3 nitrogen and oxygen atoms in total. The Morgan fingerprint density at radius 3 is 2.50 bits per heavy atom. The van der Waals surface area contributed by atoms with Crippen molar-refractivity contribution in [1.29, 1.82) is 0 Å². The van der Waals surface area contributed by atoms with E-state index < -0.39 is 9.84 Å². The fourth-order valence-electron chi connectivity index (χ4n) is 2.69. The molecular weight excluding hydrogens is 338 g/mol. The first-order chi connectivity index (χ1) is 9.58. The molecule has 0 unspecified atom stereocenters. The lowest BCUT2D eigenvalue weighted by Gasteiger charge is -2.34. The summed E-state index contributed by atoms with van der Waals surface area (Å²) in [5.74, 6) is 0.938. The van der Waals surface area contributed by atoms with Gasteiger partial charge in [-0.25, -0.2) is 8.42 Å². The van der Waals surface area contributed by atoms with Gasteiger partial charge in [-0.2, -0.15) is 0 Å². The Bertz CT molecular complexity index is 537. The topological polar surface area (TPSA) is 37.4 Å². The average Bonchev–Trinajstić information content (AvgIpc) is 2.47. The highest BCUT2D eigenvalue weighted by molar-refractivity contribution is 9.09. The molecule has 20 heavy (non-hydrogen) atoms. The van der Waals surface area contributed by atoms with Crippen LogP contribution in [0.3, 0.4) is 0 Å². The smallest absolute Gasteiger partial charge is 0.180 e. The molecule has 2 rings (SSSR count).